The third-order valence-electron chi connectivity index (χ3n) is 4.85. The standard InChI is InChI=1S/C21H28N4O2S/c1-16(28-19-6-4-18(27-3)5-7-19)21(26)23-15-17-8-9-22-20(14-17)25-12-10-24(2)11-13-25/h4-9,14,16H,10-13,15H2,1-3H3,(H,23,26). The summed E-state index contributed by atoms with van der Waals surface area (Å²) in [6.45, 7) is 6.48. The van der Waals surface area contributed by atoms with Crippen LogP contribution in [0.3, 0.4) is 0 Å². The summed E-state index contributed by atoms with van der Waals surface area (Å²) in [5, 5.41) is 2.87. The van der Waals surface area contributed by atoms with Gasteiger partial charge in [-0.1, -0.05) is 0 Å². The molecule has 1 saturated heterocycles. The number of benzene rings is 1. The van der Waals surface area contributed by atoms with Crippen LogP contribution in [-0.2, 0) is 11.3 Å². The number of likely N-dealkylation sites (N-methyl/N-ethyl adjacent to an activating group) is 1. The fraction of sp³-hybridized carbons (Fsp3) is 0.429. The number of rotatable bonds is 7. The van der Waals surface area contributed by atoms with Gasteiger partial charge in [-0.2, -0.15) is 0 Å². The summed E-state index contributed by atoms with van der Waals surface area (Å²) < 4.78 is 5.17. The molecule has 1 atom stereocenters. The van der Waals surface area contributed by atoms with Crippen LogP contribution in [0.15, 0.2) is 47.5 Å². The van der Waals surface area contributed by atoms with Crippen molar-refractivity contribution in [3.8, 4) is 5.75 Å². The fourth-order valence-corrected chi connectivity index (χ4v) is 3.92. The number of hydrogen-bond donors (Lipinski definition) is 1. The average molecular weight is 401 g/mol. The van der Waals surface area contributed by atoms with E-state index in [9.17, 15) is 4.79 Å². The van der Waals surface area contributed by atoms with E-state index in [4.69, 9.17) is 4.74 Å². The highest BCUT2D eigenvalue weighted by atomic mass is 32.2. The Bertz CT molecular complexity index is 776. The number of hydrogen-bond acceptors (Lipinski definition) is 6. The average Bonchev–Trinajstić information content (AvgIpc) is 2.73. The van der Waals surface area contributed by atoms with Gasteiger partial charge < -0.3 is 19.9 Å². The van der Waals surface area contributed by atoms with Crippen molar-refractivity contribution in [3.05, 3.63) is 48.2 Å². The zero-order valence-corrected chi connectivity index (χ0v) is 17.5. The zero-order valence-electron chi connectivity index (χ0n) is 16.7. The predicted molar refractivity (Wildman–Crippen MR) is 114 cm³/mol. The van der Waals surface area contributed by atoms with Gasteiger partial charge in [-0.3, -0.25) is 4.79 Å². The van der Waals surface area contributed by atoms with Gasteiger partial charge in [0.1, 0.15) is 11.6 Å². The number of ether oxygens (including phenoxy) is 1. The molecule has 1 aromatic carbocycles. The maximum atomic E-state index is 12.5. The van der Waals surface area contributed by atoms with Crippen LogP contribution in [0.2, 0.25) is 0 Å². The molecule has 1 unspecified atom stereocenters. The topological polar surface area (TPSA) is 57.7 Å². The molecule has 28 heavy (non-hydrogen) atoms. The number of pyridine rings is 1. The molecule has 3 rings (SSSR count). The first-order valence-corrected chi connectivity index (χ1v) is 10.4. The number of aromatic nitrogens is 1. The maximum absolute atomic E-state index is 12.5. The summed E-state index contributed by atoms with van der Waals surface area (Å²) in [4.78, 5) is 22.6. The highest BCUT2D eigenvalue weighted by Gasteiger charge is 2.17. The van der Waals surface area contributed by atoms with Crippen LogP contribution in [0.1, 0.15) is 12.5 Å². The Hall–Kier alpha value is -2.25. The van der Waals surface area contributed by atoms with Gasteiger partial charge in [-0.15, -0.1) is 11.8 Å². The molecule has 1 aliphatic heterocycles. The molecule has 1 aliphatic rings. The van der Waals surface area contributed by atoms with Crippen LogP contribution in [-0.4, -0.2) is 61.4 Å². The van der Waals surface area contributed by atoms with E-state index in [2.05, 4.69) is 33.2 Å². The number of methoxy groups -OCH3 is 1. The zero-order chi connectivity index (χ0) is 19.9. The minimum Gasteiger partial charge on any atom is -0.497 e. The summed E-state index contributed by atoms with van der Waals surface area (Å²) in [6, 6.07) is 11.8. The van der Waals surface area contributed by atoms with Crippen molar-refractivity contribution >= 4 is 23.5 Å². The van der Waals surface area contributed by atoms with Crippen LogP contribution in [0.25, 0.3) is 0 Å². The molecule has 0 saturated carbocycles. The van der Waals surface area contributed by atoms with Crippen LogP contribution in [0.4, 0.5) is 5.82 Å². The summed E-state index contributed by atoms with van der Waals surface area (Å²) >= 11 is 1.54. The molecule has 1 fully saturated rings. The summed E-state index contributed by atoms with van der Waals surface area (Å²) in [7, 11) is 3.79. The van der Waals surface area contributed by atoms with Crippen molar-refractivity contribution < 1.29 is 9.53 Å². The van der Waals surface area contributed by atoms with E-state index in [1.165, 1.54) is 11.8 Å². The van der Waals surface area contributed by atoms with E-state index >= 15 is 0 Å². The normalized spacial score (nSPS) is 15.9. The molecular weight excluding hydrogens is 372 g/mol. The number of amides is 1. The van der Waals surface area contributed by atoms with Crippen LogP contribution < -0.4 is 15.0 Å². The molecule has 150 valence electrons. The van der Waals surface area contributed by atoms with Crippen LogP contribution in [0, 0.1) is 0 Å². The first-order valence-electron chi connectivity index (χ1n) is 9.52. The fourth-order valence-electron chi connectivity index (χ4n) is 3.02. The number of carbonyl (C=O) groups excluding carboxylic acids is 1. The Kier molecular flexibility index (Phi) is 7.17. The van der Waals surface area contributed by atoms with Gasteiger partial charge in [-0.25, -0.2) is 4.98 Å². The van der Waals surface area contributed by atoms with E-state index in [1.54, 1.807) is 7.11 Å². The van der Waals surface area contributed by atoms with E-state index in [0.717, 1.165) is 48.2 Å². The molecule has 2 heterocycles. The minimum atomic E-state index is -0.174. The number of nitrogens with zero attached hydrogens (tertiary/aromatic N) is 3. The first-order chi connectivity index (χ1) is 13.5. The van der Waals surface area contributed by atoms with Gasteiger partial charge in [0.15, 0.2) is 0 Å². The highest BCUT2D eigenvalue weighted by molar-refractivity contribution is 8.00. The summed E-state index contributed by atoms with van der Waals surface area (Å²) in [6.07, 6.45) is 1.82. The van der Waals surface area contributed by atoms with E-state index < -0.39 is 0 Å². The second-order valence-corrected chi connectivity index (χ2v) is 8.38. The van der Waals surface area contributed by atoms with Gasteiger partial charge in [-0.05, 0) is 55.9 Å². The highest BCUT2D eigenvalue weighted by Crippen LogP contribution is 2.25. The molecule has 1 aromatic heterocycles. The second-order valence-electron chi connectivity index (χ2n) is 6.97. The second kappa shape index (κ2) is 9.80. The lowest BCUT2D eigenvalue weighted by Crippen LogP contribution is -2.44. The largest absolute Gasteiger partial charge is 0.497 e. The first kappa shape index (κ1) is 20.5. The SMILES string of the molecule is COc1ccc(SC(C)C(=O)NCc2ccnc(N3CCN(C)CC3)c2)cc1. The number of anilines is 1. The number of nitrogens with one attached hydrogen (secondary N) is 1. The Labute approximate surface area is 171 Å². The van der Waals surface area contributed by atoms with Gasteiger partial charge >= 0.3 is 0 Å². The summed E-state index contributed by atoms with van der Waals surface area (Å²) in [5.41, 5.74) is 1.07. The lowest BCUT2D eigenvalue weighted by Gasteiger charge is -2.33. The number of thioether (sulfide) groups is 1. The van der Waals surface area contributed by atoms with Crippen molar-refractivity contribution in [3.63, 3.8) is 0 Å². The molecule has 1 amide bonds. The quantitative estimate of drug-likeness (QED) is 0.721. The number of piperazine rings is 1. The molecule has 0 spiro atoms. The molecule has 7 heteroatoms. The van der Waals surface area contributed by atoms with Crippen molar-refractivity contribution in [2.24, 2.45) is 0 Å². The molecule has 0 aliphatic carbocycles. The monoisotopic (exact) mass is 400 g/mol. The van der Waals surface area contributed by atoms with Crippen molar-refractivity contribution in [2.45, 2.75) is 23.6 Å². The Balaban J connectivity index is 1.51. The Morgan fingerprint density at radius 1 is 1.21 bits per heavy atom. The van der Waals surface area contributed by atoms with Gasteiger partial charge in [0.05, 0.1) is 12.4 Å². The lowest BCUT2D eigenvalue weighted by atomic mass is 10.2. The third kappa shape index (κ3) is 5.62. The van der Waals surface area contributed by atoms with Crippen LogP contribution >= 0.6 is 11.8 Å². The van der Waals surface area contributed by atoms with Gasteiger partial charge in [0.2, 0.25) is 5.91 Å². The number of carbonyl (C=O) groups is 1. The van der Waals surface area contributed by atoms with E-state index in [-0.39, 0.29) is 11.2 Å². The van der Waals surface area contributed by atoms with Crippen molar-refractivity contribution in [1.82, 2.24) is 15.2 Å². The molecule has 0 bridgehead atoms. The van der Waals surface area contributed by atoms with Gasteiger partial charge in [0.25, 0.3) is 0 Å². The predicted octanol–water partition coefficient (Wildman–Crippen LogP) is 2.64. The Morgan fingerprint density at radius 2 is 1.93 bits per heavy atom. The minimum absolute atomic E-state index is 0.0266. The van der Waals surface area contributed by atoms with E-state index in [1.807, 2.05) is 43.5 Å². The van der Waals surface area contributed by atoms with Crippen molar-refractivity contribution in [2.75, 3.05) is 45.2 Å². The summed E-state index contributed by atoms with van der Waals surface area (Å²) in [5.74, 6) is 1.83. The van der Waals surface area contributed by atoms with E-state index in [0.29, 0.717) is 6.54 Å². The maximum Gasteiger partial charge on any atom is 0.233 e. The van der Waals surface area contributed by atoms with Crippen LogP contribution in [0.5, 0.6) is 5.75 Å². The molecular formula is C21H28N4O2S. The molecule has 2 aromatic rings. The molecule has 6 nitrogen and oxygen atoms in total. The smallest absolute Gasteiger partial charge is 0.233 e. The molecule has 0 radical (unpaired) electrons. The van der Waals surface area contributed by atoms with Gasteiger partial charge in [0, 0.05) is 43.8 Å². The third-order valence-corrected chi connectivity index (χ3v) is 5.96. The molecule has 1 N–H and O–H groups in total. The lowest BCUT2D eigenvalue weighted by molar-refractivity contribution is -0.120. The van der Waals surface area contributed by atoms with Crippen molar-refractivity contribution in [1.29, 1.82) is 0 Å². The Morgan fingerprint density at radius 3 is 2.61 bits per heavy atom.